The SMILES string of the molecule is C#CCOc1cc(-c2nc(-c3ccc(C)nc3)no2)ccc1F. The molecule has 1 aromatic carbocycles. The smallest absolute Gasteiger partial charge is 0.258 e. The first-order valence-corrected chi connectivity index (χ1v) is 6.80. The van der Waals surface area contributed by atoms with Crippen molar-refractivity contribution in [1.29, 1.82) is 0 Å². The van der Waals surface area contributed by atoms with Crippen molar-refractivity contribution in [3.63, 3.8) is 0 Å². The van der Waals surface area contributed by atoms with Gasteiger partial charge in [-0.25, -0.2) is 4.39 Å². The number of hydrogen-bond acceptors (Lipinski definition) is 5. The van der Waals surface area contributed by atoms with E-state index < -0.39 is 5.82 Å². The zero-order chi connectivity index (χ0) is 16.2. The molecule has 5 nitrogen and oxygen atoms in total. The lowest BCUT2D eigenvalue weighted by molar-refractivity contribution is 0.348. The Labute approximate surface area is 132 Å². The fraction of sp³-hybridized carbons (Fsp3) is 0.118. The van der Waals surface area contributed by atoms with E-state index in [0.29, 0.717) is 11.4 Å². The van der Waals surface area contributed by atoms with Crippen LogP contribution in [0.15, 0.2) is 41.1 Å². The Hall–Kier alpha value is -3.20. The van der Waals surface area contributed by atoms with E-state index >= 15 is 0 Å². The second-order valence-corrected chi connectivity index (χ2v) is 4.75. The summed E-state index contributed by atoms with van der Waals surface area (Å²) in [6.45, 7) is 1.87. The molecule has 0 amide bonds. The third-order valence-corrected chi connectivity index (χ3v) is 3.08. The molecule has 0 fully saturated rings. The van der Waals surface area contributed by atoms with Crippen molar-refractivity contribution in [1.82, 2.24) is 15.1 Å². The van der Waals surface area contributed by atoms with Crippen LogP contribution in [0.25, 0.3) is 22.8 Å². The maximum Gasteiger partial charge on any atom is 0.258 e. The van der Waals surface area contributed by atoms with Gasteiger partial charge in [0.05, 0.1) is 0 Å². The topological polar surface area (TPSA) is 61.0 Å². The summed E-state index contributed by atoms with van der Waals surface area (Å²) in [6, 6.07) is 7.97. The van der Waals surface area contributed by atoms with Crippen molar-refractivity contribution >= 4 is 0 Å². The highest BCUT2D eigenvalue weighted by atomic mass is 19.1. The Kier molecular flexibility index (Phi) is 4.02. The van der Waals surface area contributed by atoms with Gasteiger partial charge in [-0.15, -0.1) is 6.42 Å². The Balaban J connectivity index is 1.91. The summed E-state index contributed by atoms with van der Waals surface area (Å²) < 4.78 is 24.0. The van der Waals surface area contributed by atoms with Crippen molar-refractivity contribution in [2.75, 3.05) is 6.61 Å². The molecule has 0 saturated heterocycles. The maximum absolute atomic E-state index is 13.6. The van der Waals surface area contributed by atoms with Gasteiger partial charge in [-0.1, -0.05) is 11.1 Å². The zero-order valence-electron chi connectivity index (χ0n) is 12.3. The van der Waals surface area contributed by atoms with Gasteiger partial charge in [0.2, 0.25) is 5.82 Å². The van der Waals surface area contributed by atoms with Gasteiger partial charge in [0.15, 0.2) is 11.6 Å². The van der Waals surface area contributed by atoms with Crippen LogP contribution in [0.2, 0.25) is 0 Å². The van der Waals surface area contributed by atoms with Crippen LogP contribution in [0.4, 0.5) is 4.39 Å². The number of aromatic nitrogens is 3. The molecule has 0 bridgehead atoms. The van der Waals surface area contributed by atoms with E-state index in [2.05, 4.69) is 21.0 Å². The Morgan fingerprint density at radius 3 is 2.83 bits per heavy atom. The van der Waals surface area contributed by atoms with Gasteiger partial charge in [-0.3, -0.25) is 4.98 Å². The summed E-state index contributed by atoms with van der Waals surface area (Å²) in [6.07, 6.45) is 6.77. The van der Waals surface area contributed by atoms with E-state index in [9.17, 15) is 4.39 Å². The molecule has 3 rings (SSSR count). The van der Waals surface area contributed by atoms with E-state index in [0.717, 1.165) is 11.3 Å². The van der Waals surface area contributed by atoms with Crippen LogP contribution in [0, 0.1) is 25.1 Å². The molecular weight excluding hydrogens is 297 g/mol. The maximum atomic E-state index is 13.6. The van der Waals surface area contributed by atoms with Crippen LogP contribution in [-0.2, 0) is 0 Å². The fourth-order valence-corrected chi connectivity index (χ4v) is 1.92. The standard InChI is InChI=1S/C17H12FN3O2/c1-3-8-22-15-9-12(6-7-14(15)18)17-20-16(21-23-17)13-5-4-11(2)19-10-13/h1,4-7,9-10H,8H2,2H3. The van der Waals surface area contributed by atoms with Gasteiger partial charge >= 0.3 is 0 Å². The number of nitrogens with zero attached hydrogens (tertiary/aromatic N) is 3. The molecule has 2 aromatic heterocycles. The van der Waals surface area contributed by atoms with Crippen LogP contribution in [0.5, 0.6) is 5.75 Å². The summed E-state index contributed by atoms with van der Waals surface area (Å²) >= 11 is 0. The number of halogens is 1. The van der Waals surface area contributed by atoms with Crippen molar-refractivity contribution in [3.05, 3.63) is 48.0 Å². The Bertz CT molecular complexity index is 866. The lowest BCUT2D eigenvalue weighted by Gasteiger charge is -2.04. The predicted octanol–water partition coefficient (Wildman–Crippen LogP) is 3.26. The average molecular weight is 309 g/mol. The highest BCUT2D eigenvalue weighted by Crippen LogP contribution is 2.27. The van der Waals surface area contributed by atoms with Crippen LogP contribution < -0.4 is 4.74 Å². The second kappa shape index (κ2) is 6.28. The molecule has 3 aromatic rings. The van der Waals surface area contributed by atoms with E-state index in [1.165, 1.54) is 18.2 Å². The number of benzene rings is 1. The number of ether oxygens (including phenoxy) is 1. The van der Waals surface area contributed by atoms with Crippen molar-refractivity contribution < 1.29 is 13.7 Å². The van der Waals surface area contributed by atoms with Gasteiger partial charge < -0.3 is 9.26 Å². The first-order valence-electron chi connectivity index (χ1n) is 6.80. The number of hydrogen-bond donors (Lipinski definition) is 0. The normalized spacial score (nSPS) is 10.3. The molecule has 114 valence electrons. The molecule has 2 heterocycles. The van der Waals surface area contributed by atoms with Gasteiger partial charge in [0, 0.05) is 23.0 Å². The monoisotopic (exact) mass is 309 g/mol. The van der Waals surface area contributed by atoms with Gasteiger partial charge in [-0.2, -0.15) is 4.98 Å². The molecule has 23 heavy (non-hydrogen) atoms. The summed E-state index contributed by atoms with van der Waals surface area (Å²) in [5, 5.41) is 3.91. The lowest BCUT2D eigenvalue weighted by atomic mass is 10.2. The van der Waals surface area contributed by atoms with Crippen molar-refractivity contribution in [2.24, 2.45) is 0 Å². The molecule has 0 aliphatic heterocycles. The second-order valence-electron chi connectivity index (χ2n) is 4.75. The van der Waals surface area contributed by atoms with Crippen LogP contribution in [-0.4, -0.2) is 21.7 Å². The van der Waals surface area contributed by atoms with E-state index in [4.69, 9.17) is 15.7 Å². The molecule has 0 unspecified atom stereocenters. The fourth-order valence-electron chi connectivity index (χ4n) is 1.92. The first-order chi connectivity index (χ1) is 11.2. The van der Waals surface area contributed by atoms with Crippen molar-refractivity contribution in [3.8, 4) is 40.9 Å². The number of rotatable bonds is 4. The summed E-state index contributed by atoms with van der Waals surface area (Å²) in [4.78, 5) is 8.48. The van der Waals surface area contributed by atoms with E-state index in [-0.39, 0.29) is 18.2 Å². The molecular formula is C17H12FN3O2. The van der Waals surface area contributed by atoms with E-state index in [1.54, 1.807) is 6.20 Å². The molecule has 0 saturated carbocycles. The molecule has 0 aliphatic rings. The summed E-state index contributed by atoms with van der Waals surface area (Å²) in [5.74, 6) is 2.48. The minimum Gasteiger partial charge on any atom is -0.478 e. The summed E-state index contributed by atoms with van der Waals surface area (Å²) in [5.41, 5.74) is 2.17. The molecule has 0 spiro atoms. The van der Waals surface area contributed by atoms with Crippen LogP contribution >= 0.6 is 0 Å². The third kappa shape index (κ3) is 3.19. The van der Waals surface area contributed by atoms with Gasteiger partial charge in [0.1, 0.15) is 6.61 Å². The Morgan fingerprint density at radius 2 is 2.09 bits per heavy atom. The molecule has 0 atom stereocenters. The quantitative estimate of drug-likeness (QED) is 0.692. The molecule has 6 heteroatoms. The zero-order valence-corrected chi connectivity index (χ0v) is 12.3. The minimum atomic E-state index is -0.508. The number of aryl methyl sites for hydroxylation is 1. The molecule has 0 N–H and O–H groups in total. The number of terminal acetylenes is 1. The number of pyridine rings is 1. The molecule has 0 aliphatic carbocycles. The Morgan fingerprint density at radius 1 is 1.26 bits per heavy atom. The van der Waals surface area contributed by atoms with Crippen LogP contribution in [0.1, 0.15) is 5.69 Å². The summed E-state index contributed by atoms with van der Waals surface area (Å²) in [7, 11) is 0. The predicted molar refractivity (Wildman–Crippen MR) is 82.0 cm³/mol. The lowest BCUT2D eigenvalue weighted by Crippen LogP contribution is -1.96. The first kappa shape index (κ1) is 14.7. The minimum absolute atomic E-state index is 0.0233. The largest absolute Gasteiger partial charge is 0.478 e. The highest BCUT2D eigenvalue weighted by Gasteiger charge is 2.13. The van der Waals surface area contributed by atoms with Gasteiger partial charge in [0.25, 0.3) is 5.89 Å². The van der Waals surface area contributed by atoms with Crippen molar-refractivity contribution in [2.45, 2.75) is 6.92 Å². The van der Waals surface area contributed by atoms with E-state index in [1.807, 2.05) is 19.1 Å². The highest BCUT2D eigenvalue weighted by molar-refractivity contribution is 5.60. The van der Waals surface area contributed by atoms with Gasteiger partial charge in [-0.05, 0) is 37.3 Å². The van der Waals surface area contributed by atoms with Crippen LogP contribution in [0.3, 0.4) is 0 Å². The third-order valence-electron chi connectivity index (χ3n) is 3.08. The molecule has 0 radical (unpaired) electrons. The average Bonchev–Trinajstić information content (AvgIpc) is 3.05.